The fourth-order valence-corrected chi connectivity index (χ4v) is 4.07. The molecule has 2 aliphatic rings. The van der Waals surface area contributed by atoms with Crippen LogP contribution in [0.5, 0.6) is 5.75 Å². The van der Waals surface area contributed by atoms with Crippen molar-refractivity contribution < 1.29 is 19.4 Å². The standard InChI is InChI=1S/C20H19NO4/c1-21-17-6-4-3-5-15(17)20(24,19(21)23)16-10-7-12-11-13(25-2)8-9-14(12)18(16)22/h3-6,8-9,11,16,24H,7,10H2,1-2H3/t16-,20-/m1/s1. The van der Waals surface area contributed by atoms with E-state index in [4.69, 9.17) is 4.74 Å². The number of likely N-dealkylation sites (N-methyl/N-ethyl adjacent to an activating group) is 1. The van der Waals surface area contributed by atoms with Gasteiger partial charge in [-0.15, -0.1) is 0 Å². The van der Waals surface area contributed by atoms with Crippen LogP contribution in [0.2, 0.25) is 0 Å². The van der Waals surface area contributed by atoms with E-state index >= 15 is 0 Å². The normalized spacial score (nSPS) is 24.9. The number of Topliss-reactive ketones (excluding diaryl/α,β-unsaturated/α-hetero) is 1. The predicted molar refractivity (Wildman–Crippen MR) is 92.9 cm³/mol. The first-order valence-electron chi connectivity index (χ1n) is 8.29. The van der Waals surface area contributed by atoms with E-state index in [9.17, 15) is 14.7 Å². The Bertz CT molecular complexity index is 891. The number of para-hydroxylation sites is 1. The summed E-state index contributed by atoms with van der Waals surface area (Å²) < 4.78 is 5.22. The van der Waals surface area contributed by atoms with Gasteiger partial charge in [0.05, 0.1) is 18.7 Å². The zero-order chi connectivity index (χ0) is 17.8. The number of hydrogen-bond acceptors (Lipinski definition) is 4. The number of aliphatic hydroxyl groups is 1. The Morgan fingerprint density at radius 2 is 1.96 bits per heavy atom. The van der Waals surface area contributed by atoms with Gasteiger partial charge in [-0.3, -0.25) is 9.59 Å². The molecule has 1 aliphatic heterocycles. The highest BCUT2D eigenvalue weighted by Gasteiger charge is 2.56. The second-order valence-corrected chi connectivity index (χ2v) is 6.63. The van der Waals surface area contributed by atoms with Gasteiger partial charge in [0.1, 0.15) is 5.75 Å². The zero-order valence-electron chi connectivity index (χ0n) is 14.2. The quantitative estimate of drug-likeness (QED) is 0.913. The van der Waals surface area contributed by atoms with Crippen LogP contribution in [0.3, 0.4) is 0 Å². The number of methoxy groups -OCH3 is 1. The molecular weight excluding hydrogens is 318 g/mol. The summed E-state index contributed by atoms with van der Waals surface area (Å²) in [5.74, 6) is -0.716. The summed E-state index contributed by atoms with van der Waals surface area (Å²) in [7, 11) is 3.22. The summed E-state index contributed by atoms with van der Waals surface area (Å²) in [4.78, 5) is 27.4. The highest BCUT2D eigenvalue weighted by molar-refractivity contribution is 6.12. The molecule has 0 saturated heterocycles. The van der Waals surface area contributed by atoms with Gasteiger partial charge in [0.2, 0.25) is 0 Å². The summed E-state index contributed by atoms with van der Waals surface area (Å²) >= 11 is 0. The van der Waals surface area contributed by atoms with Crippen molar-refractivity contribution in [2.24, 2.45) is 5.92 Å². The first-order chi connectivity index (χ1) is 12.0. The van der Waals surface area contributed by atoms with Gasteiger partial charge in [-0.2, -0.15) is 0 Å². The molecule has 0 fully saturated rings. The molecular formula is C20H19NO4. The minimum atomic E-state index is -1.81. The molecule has 4 rings (SSSR count). The average Bonchev–Trinajstić information content (AvgIpc) is 2.84. The van der Waals surface area contributed by atoms with Crippen molar-refractivity contribution in [1.29, 1.82) is 0 Å². The average molecular weight is 337 g/mol. The molecule has 5 heteroatoms. The topological polar surface area (TPSA) is 66.8 Å². The number of rotatable bonds is 2. The van der Waals surface area contributed by atoms with Gasteiger partial charge in [-0.1, -0.05) is 18.2 Å². The van der Waals surface area contributed by atoms with E-state index in [1.807, 2.05) is 12.1 Å². The molecule has 0 radical (unpaired) electrons. The van der Waals surface area contributed by atoms with Crippen LogP contribution in [-0.2, 0) is 16.8 Å². The first-order valence-corrected chi connectivity index (χ1v) is 8.29. The summed E-state index contributed by atoms with van der Waals surface area (Å²) in [5.41, 5.74) is 0.822. The molecule has 0 saturated carbocycles. The van der Waals surface area contributed by atoms with Crippen LogP contribution >= 0.6 is 0 Å². The zero-order valence-corrected chi connectivity index (χ0v) is 14.2. The maximum absolute atomic E-state index is 13.1. The lowest BCUT2D eigenvalue weighted by Gasteiger charge is -2.34. The second kappa shape index (κ2) is 5.43. The third-order valence-corrected chi connectivity index (χ3v) is 5.41. The minimum Gasteiger partial charge on any atom is -0.497 e. The smallest absolute Gasteiger partial charge is 0.264 e. The molecule has 2 aromatic rings. The van der Waals surface area contributed by atoms with Crippen LogP contribution in [0.4, 0.5) is 5.69 Å². The SMILES string of the molecule is COc1ccc2c(c1)CC[C@@H]([C@@]1(O)C(=O)N(C)c3ccccc31)C2=O. The number of nitrogens with zero attached hydrogens (tertiary/aromatic N) is 1. The predicted octanol–water partition coefficient (Wildman–Crippen LogP) is 2.30. The van der Waals surface area contributed by atoms with Crippen molar-refractivity contribution in [2.45, 2.75) is 18.4 Å². The molecule has 1 N–H and O–H groups in total. The maximum atomic E-state index is 13.1. The molecule has 25 heavy (non-hydrogen) atoms. The van der Waals surface area contributed by atoms with Crippen molar-refractivity contribution in [3.63, 3.8) is 0 Å². The highest BCUT2D eigenvalue weighted by atomic mass is 16.5. The maximum Gasteiger partial charge on any atom is 0.264 e. The van der Waals surface area contributed by atoms with Crippen molar-refractivity contribution >= 4 is 17.4 Å². The third kappa shape index (κ3) is 2.05. The largest absolute Gasteiger partial charge is 0.497 e. The van der Waals surface area contributed by atoms with Crippen LogP contribution < -0.4 is 9.64 Å². The lowest BCUT2D eigenvalue weighted by molar-refractivity contribution is -0.140. The molecule has 0 aromatic heterocycles. The van der Waals surface area contributed by atoms with E-state index in [1.165, 1.54) is 4.90 Å². The van der Waals surface area contributed by atoms with E-state index in [0.29, 0.717) is 35.4 Å². The Morgan fingerprint density at radius 1 is 1.20 bits per heavy atom. The van der Waals surface area contributed by atoms with E-state index in [-0.39, 0.29) is 5.78 Å². The van der Waals surface area contributed by atoms with Crippen LogP contribution in [0.1, 0.15) is 27.9 Å². The van der Waals surface area contributed by atoms with Crippen LogP contribution in [-0.4, -0.2) is 31.0 Å². The number of aryl methyl sites for hydroxylation is 1. The third-order valence-electron chi connectivity index (χ3n) is 5.41. The number of ketones is 1. The van der Waals surface area contributed by atoms with Crippen LogP contribution in [0.25, 0.3) is 0 Å². The van der Waals surface area contributed by atoms with Crippen molar-refractivity contribution in [2.75, 3.05) is 19.1 Å². The second-order valence-electron chi connectivity index (χ2n) is 6.63. The van der Waals surface area contributed by atoms with Gasteiger partial charge >= 0.3 is 0 Å². The Labute approximate surface area is 145 Å². The van der Waals surface area contributed by atoms with E-state index in [1.54, 1.807) is 44.5 Å². The highest BCUT2D eigenvalue weighted by Crippen LogP contribution is 2.47. The monoisotopic (exact) mass is 337 g/mol. The molecule has 0 spiro atoms. The van der Waals surface area contributed by atoms with Gasteiger partial charge in [-0.25, -0.2) is 0 Å². The number of carbonyl (C=O) groups is 2. The Kier molecular flexibility index (Phi) is 3.44. The summed E-state index contributed by atoms with van der Waals surface area (Å²) in [6.45, 7) is 0. The van der Waals surface area contributed by atoms with Crippen molar-refractivity contribution in [3.8, 4) is 5.75 Å². The fourth-order valence-electron chi connectivity index (χ4n) is 4.07. The first kappa shape index (κ1) is 15.8. The summed E-state index contributed by atoms with van der Waals surface area (Å²) in [5, 5.41) is 11.4. The van der Waals surface area contributed by atoms with E-state index in [2.05, 4.69) is 0 Å². The number of hydrogen-bond donors (Lipinski definition) is 1. The van der Waals surface area contributed by atoms with Gasteiger partial charge in [-0.05, 0) is 42.7 Å². The van der Waals surface area contributed by atoms with Crippen molar-refractivity contribution in [3.05, 3.63) is 59.2 Å². The number of amides is 1. The molecule has 5 nitrogen and oxygen atoms in total. The van der Waals surface area contributed by atoms with Crippen LogP contribution in [0.15, 0.2) is 42.5 Å². The van der Waals surface area contributed by atoms with Gasteiger partial charge in [0, 0.05) is 18.2 Å². The minimum absolute atomic E-state index is 0.190. The van der Waals surface area contributed by atoms with Crippen LogP contribution in [0, 0.1) is 5.92 Å². The van der Waals surface area contributed by atoms with E-state index in [0.717, 1.165) is 5.56 Å². The number of anilines is 1. The number of fused-ring (bicyclic) bond motifs is 2. The molecule has 1 amide bonds. The Morgan fingerprint density at radius 3 is 2.72 bits per heavy atom. The number of carbonyl (C=O) groups excluding carboxylic acids is 2. The lowest BCUT2D eigenvalue weighted by atomic mass is 9.71. The van der Waals surface area contributed by atoms with Gasteiger partial charge in [0.25, 0.3) is 5.91 Å². The molecule has 2 aromatic carbocycles. The molecule has 1 aliphatic carbocycles. The van der Waals surface area contributed by atoms with E-state index < -0.39 is 17.4 Å². The number of ether oxygens (including phenoxy) is 1. The molecule has 0 unspecified atom stereocenters. The molecule has 1 heterocycles. The molecule has 0 bridgehead atoms. The van der Waals surface area contributed by atoms with Gasteiger partial charge < -0.3 is 14.7 Å². The number of benzene rings is 2. The fraction of sp³-hybridized carbons (Fsp3) is 0.300. The summed E-state index contributed by atoms with van der Waals surface area (Å²) in [6, 6.07) is 12.4. The van der Waals surface area contributed by atoms with Gasteiger partial charge in [0.15, 0.2) is 11.4 Å². The molecule has 2 atom stereocenters. The van der Waals surface area contributed by atoms with Crippen molar-refractivity contribution in [1.82, 2.24) is 0 Å². The Hall–Kier alpha value is -2.66. The lowest BCUT2D eigenvalue weighted by Crippen LogP contribution is -2.49. The molecule has 128 valence electrons. The Balaban J connectivity index is 1.80. The summed E-state index contributed by atoms with van der Waals surface area (Å²) in [6.07, 6.45) is 1.04.